The van der Waals surface area contributed by atoms with E-state index in [1.54, 1.807) is 29.4 Å². The molecule has 4 rings (SSSR count). The number of furan rings is 1. The molecule has 0 aliphatic carbocycles. The number of aromatic nitrogens is 1. The summed E-state index contributed by atoms with van der Waals surface area (Å²) < 4.78 is 5.21. The molecule has 2 aromatic heterocycles. The van der Waals surface area contributed by atoms with E-state index in [1.165, 1.54) is 6.26 Å². The second kappa shape index (κ2) is 8.04. The molecule has 0 N–H and O–H groups in total. The van der Waals surface area contributed by atoms with Crippen LogP contribution in [0, 0.1) is 5.92 Å². The van der Waals surface area contributed by atoms with Crippen molar-refractivity contribution in [1.82, 2.24) is 14.8 Å². The molecule has 7 heteroatoms. The van der Waals surface area contributed by atoms with Crippen LogP contribution in [0.4, 0.5) is 5.69 Å². The first-order valence-corrected chi connectivity index (χ1v) is 9.94. The minimum atomic E-state index is -0.0777. The standard InChI is InChI=1S/C21H26N4O3/c1-16-4-6-24(7-5-16)20(26)17-13-18(15-22-14-17)23-8-10-25(11-9-23)21(27)19-3-2-12-28-19/h2-3,12-16H,4-11H2,1H3. The average molecular weight is 382 g/mol. The highest BCUT2D eigenvalue weighted by atomic mass is 16.3. The van der Waals surface area contributed by atoms with Crippen LogP contribution in [0.25, 0.3) is 0 Å². The van der Waals surface area contributed by atoms with Crippen molar-refractivity contribution >= 4 is 17.5 Å². The highest BCUT2D eigenvalue weighted by molar-refractivity contribution is 5.95. The Hall–Kier alpha value is -2.83. The van der Waals surface area contributed by atoms with E-state index in [0.717, 1.165) is 31.6 Å². The van der Waals surface area contributed by atoms with Gasteiger partial charge in [0.15, 0.2) is 5.76 Å². The molecule has 0 saturated carbocycles. The normalized spacial score (nSPS) is 18.4. The van der Waals surface area contributed by atoms with Crippen molar-refractivity contribution in [1.29, 1.82) is 0 Å². The first-order valence-electron chi connectivity index (χ1n) is 9.94. The van der Waals surface area contributed by atoms with Gasteiger partial charge in [-0.3, -0.25) is 14.6 Å². The molecule has 7 nitrogen and oxygen atoms in total. The van der Waals surface area contributed by atoms with Gasteiger partial charge < -0.3 is 19.1 Å². The van der Waals surface area contributed by atoms with Crippen molar-refractivity contribution in [2.75, 3.05) is 44.2 Å². The predicted molar refractivity (Wildman–Crippen MR) is 105 cm³/mol. The monoisotopic (exact) mass is 382 g/mol. The van der Waals surface area contributed by atoms with E-state index in [1.807, 2.05) is 11.0 Å². The molecule has 4 heterocycles. The zero-order valence-electron chi connectivity index (χ0n) is 16.2. The molecule has 28 heavy (non-hydrogen) atoms. The van der Waals surface area contributed by atoms with Gasteiger partial charge in [-0.1, -0.05) is 6.92 Å². The number of nitrogens with zero attached hydrogens (tertiary/aromatic N) is 4. The number of hydrogen-bond donors (Lipinski definition) is 0. The first kappa shape index (κ1) is 18.5. The fourth-order valence-corrected chi connectivity index (χ4v) is 3.84. The number of carbonyl (C=O) groups excluding carboxylic acids is 2. The SMILES string of the molecule is CC1CCN(C(=O)c2cncc(N3CCN(C(=O)c4ccco4)CC3)c2)CC1. The van der Waals surface area contributed by atoms with Gasteiger partial charge in [-0.05, 0) is 37.0 Å². The van der Waals surface area contributed by atoms with E-state index in [0.29, 0.717) is 43.4 Å². The second-order valence-electron chi connectivity index (χ2n) is 7.66. The number of carbonyl (C=O) groups is 2. The van der Waals surface area contributed by atoms with Gasteiger partial charge >= 0.3 is 0 Å². The zero-order chi connectivity index (χ0) is 19.5. The number of piperidine rings is 1. The highest BCUT2D eigenvalue weighted by Crippen LogP contribution is 2.21. The van der Waals surface area contributed by atoms with Crippen LogP contribution < -0.4 is 4.90 Å². The first-order chi connectivity index (χ1) is 13.6. The largest absolute Gasteiger partial charge is 0.459 e. The molecule has 2 fully saturated rings. The molecule has 0 radical (unpaired) electrons. The van der Waals surface area contributed by atoms with Gasteiger partial charge in [0, 0.05) is 45.5 Å². The fourth-order valence-electron chi connectivity index (χ4n) is 3.84. The summed E-state index contributed by atoms with van der Waals surface area (Å²) in [6.07, 6.45) is 7.08. The third-order valence-electron chi connectivity index (χ3n) is 5.71. The van der Waals surface area contributed by atoms with E-state index in [-0.39, 0.29) is 11.8 Å². The third kappa shape index (κ3) is 3.88. The Balaban J connectivity index is 1.38. The van der Waals surface area contributed by atoms with Crippen LogP contribution in [0.15, 0.2) is 41.3 Å². The van der Waals surface area contributed by atoms with Gasteiger partial charge in [-0.25, -0.2) is 0 Å². The summed E-state index contributed by atoms with van der Waals surface area (Å²) in [5.74, 6) is 1.05. The van der Waals surface area contributed by atoms with E-state index < -0.39 is 0 Å². The maximum atomic E-state index is 12.8. The Labute approximate surface area is 164 Å². The van der Waals surface area contributed by atoms with Gasteiger partial charge in [-0.2, -0.15) is 0 Å². The van der Waals surface area contributed by atoms with Crippen molar-refractivity contribution in [3.05, 3.63) is 48.2 Å². The predicted octanol–water partition coefficient (Wildman–Crippen LogP) is 2.51. The van der Waals surface area contributed by atoms with Gasteiger partial charge in [0.2, 0.25) is 0 Å². The Kier molecular flexibility index (Phi) is 5.32. The molecule has 2 aromatic rings. The molecule has 0 spiro atoms. The molecule has 0 atom stereocenters. The van der Waals surface area contributed by atoms with Crippen molar-refractivity contribution in [2.24, 2.45) is 5.92 Å². The second-order valence-corrected chi connectivity index (χ2v) is 7.66. The molecule has 148 valence electrons. The van der Waals surface area contributed by atoms with Crippen LogP contribution in [0.1, 0.15) is 40.7 Å². The fraction of sp³-hybridized carbons (Fsp3) is 0.476. The summed E-state index contributed by atoms with van der Waals surface area (Å²) in [6, 6.07) is 5.34. The lowest BCUT2D eigenvalue weighted by Gasteiger charge is -2.35. The maximum absolute atomic E-state index is 12.8. The molecule has 2 amide bonds. The third-order valence-corrected chi connectivity index (χ3v) is 5.71. The van der Waals surface area contributed by atoms with Crippen LogP contribution in [-0.4, -0.2) is 65.9 Å². The topological polar surface area (TPSA) is 69.9 Å². The summed E-state index contributed by atoms with van der Waals surface area (Å²) in [4.78, 5) is 35.4. The van der Waals surface area contributed by atoms with Crippen LogP contribution in [0.5, 0.6) is 0 Å². The summed E-state index contributed by atoms with van der Waals surface area (Å²) in [6.45, 7) is 6.50. The molecule has 0 aromatic carbocycles. The lowest BCUT2D eigenvalue weighted by molar-refractivity contribution is 0.0695. The van der Waals surface area contributed by atoms with Crippen LogP contribution >= 0.6 is 0 Å². The Morgan fingerprint density at radius 3 is 2.39 bits per heavy atom. The van der Waals surface area contributed by atoms with Crippen molar-refractivity contribution in [2.45, 2.75) is 19.8 Å². The quantitative estimate of drug-likeness (QED) is 0.816. The molecular weight excluding hydrogens is 356 g/mol. The minimum absolute atomic E-state index is 0.0629. The number of pyridine rings is 1. The van der Waals surface area contributed by atoms with E-state index in [4.69, 9.17) is 4.42 Å². The van der Waals surface area contributed by atoms with Crippen molar-refractivity contribution < 1.29 is 14.0 Å². The van der Waals surface area contributed by atoms with Crippen LogP contribution in [0.2, 0.25) is 0 Å². The van der Waals surface area contributed by atoms with E-state index in [9.17, 15) is 9.59 Å². The van der Waals surface area contributed by atoms with Gasteiger partial charge in [-0.15, -0.1) is 0 Å². The maximum Gasteiger partial charge on any atom is 0.289 e. The average Bonchev–Trinajstić information content (AvgIpc) is 3.28. The number of amides is 2. The van der Waals surface area contributed by atoms with Gasteiger partial charge in [0.05, 0.1) is 23.7 Å². The number of rotatable bonds is 3. The molecule has 2 aliphatic rings. The number of anilines is 1. The molecule has 2 aliphatic heterocycles. The summed E-state index contributed by atoms with van der Waals surface area (Å²) in [5, 5.41) is 0. The van der Waals surface area contributed by atoms with E-state index in [2.05, 4.69) is 16.8 Å². The molecule has 0 unspecified atom stereocenters. The lowest BCUT2D eigenvalue weighted by atomic mass is 9.99. The summed E-state index contributed by atoms with van der Waals surface area (Å²) >= 11 is 0. The van der Waals surface area contributed by atoms with Crippen molar-refractivity contribution in [3.8, 4) is 0 Å². The smallest absolute Gasteiger partial charge is 0.289 e. The number of likely N-dealkylation sites (tertiary alicyclic amines) is 1. The summed E-state index contributed by atoms with van der Waals surface area (Å²) in [7, 11) is 0. The Bertz CT molecular complexity index is 820. The molecular formula is C21H26N4O3. The summed E-state index contributed by atoms with van der Waals surface area (Å²) in [5.41, 5.74) is 1.57. The number of hydrogen-bond acceptors (Lipinski definition) is 5. The number of piperazine rings is 1. The molecule has 0 bridgehead atoms. The minimum Gasteiger partial charge on any atom is -0.459 e. The van der Waals surface area contributed by atoms with Gasteiger partial charge in [0.25, 0.3) is 11.8 Å². The van der Waals surface area contributed by atoms with Crippen LogP contribution in [-0.2, 0) is 0 Å². The van der Waals surface area contributed by atoms with Crippen LogP contribution in [0.3, 0.4) is 0 Å². The zero-order valence-corrected chi connectivity index (χ0v) is 16.2. The molecule has 2 saturated heterocycles. The van der Waals surface area contributed by atoms with Gasteiger partial charge in [0.1, 0.15) is 0 Å². The Morgan fingerprint density at radius 1 is 1.00 bits per heavy atom. The highest BCUT2D eigenvalue weighted by Gasteiger charge is 2.25. The Morgan fingerprint density at radius 2 is 1.71 bits per heavy atom. The lowest BCUT2D eigenvalue weighted by Crippen LogP contribution is -2.48. The van der Waals surface area contributed by atoms with Crippen molar-refractivity contribution in [3.63, 3.8) is 0 Å². The van der Waals surface area contributed by atoms with E-state index >= 15 is 0 Å².